The van der Waals surface area contributed by atoms with Crippen LogP contribution in [-0.2, 0) is 11.3 Å². The average molecular weight is 306 g/mol. The number of carbonyl (C=O) groups is 1. The van der Waals surface area contributed by atoms with Crippen molar-refractivity contribution in [3.63, 3.8) is 0 Å². The minimum atomic E-state index is 0.00967. The van der Waals surface area contributed by atoms with Gasteiger partial charge in [0.05, 0.1) is 20.2 Å². The third kappa shape index (κ3) is 6.47. The van der Waals surface area contributed by atoms with Crippen molar-refractivity contribution < 1.29 is 9.53 Å². The Morgan fingerprint density at radius 2 is 1.91 bits per heavy atom. The van der Waals surface area contributed by atoms with Crippen LogP contribution in [0, 0.1) is 0 Å². The molecule has 0 bridgehead atoms. The van der Waals surface area contributed by atoms with Gasteiger partial charge in [-0.05, 0) is 24.1 Å². The molecule has 0 aromatic heterocycles. The third-order valence-corrected chi connectivity index (χ3v) is 3.03. The van der Waals surface area contributed by atoms with Gasteiger partial charge in [0, 0.05) is 20.6 Å². The Kier molecular flexibility index (Phi) is 7.81. The quantitative estimate of drug-likeness (QED) is 0.587. The van der Waals surface area contributed by atoms with Crippen LogP contribution in [0.2, 0.25) is 0 Å². The van der Waals surface area contributed by atoms with Gasteiger partial charge in [-0.3, -0.25) is 4.79 Å². The molecule has 1 rings (SSSR count). The monoisotopic (exact) mass is 306 g/mol. The van der Waals surface area contributed by atoms with Crippen LogP contribution in [0.25, 0.3) is 0 Å². The van der Waals surface area contributed by atoms with E-state index in [1.807, 2.05) is 24.3 Å². The number of nitrogens with zero attached hydrogens (tertiary/aromatic N) is 2. The zero-order valence-electron chi connectivity index (χ0n) is 13.8. The van der Waals surface area contributed by atoms with Crippen LogP contribution in [0.5, 0.6) is 5.75 Å². The minimum absolute atomic E-state index is 0.00967. The zero-order chi connectivity index (χ0) is 16.4. The van der Waals surface area contributed by atoms with Crippen LogP contribution in [0.1, 0.15) is 18.9 Å². The van der Waals surface area contributed by atoms with E-state index in [2.05, 4.69) is 22.5 Å². The molecule has 0 aliphatic rings. The molecular weight excluding hydrogens is 280 g/mol. The van der Waals surface area contributed by atoms with E-state index in [0.29, 0.717) is 12.5 Å². The predicted octanol–water partition coefficient (Wildman–Crippen LogP) is 1.23. The zero-order valence-corrected chi connectivity index (χ0v) is 13.8. The van der Waals surface area contributed by atoms with Crippen LogP contribution in [0.15, 0.2) is 29.3 Å². The maximum absolute atomic E-state index is 11.6. The molecule has 0 aliphatic heterocycles. The predicted molar refractivity (Wildman–Crippen MR) is 89.1 cm³/mol. The van der Waals surface area contributed by atoms with Crippen molar-refractivity contribution in [2.75, 3.05) is 34.3 Å². The summed E-state index contributed by atoms with van der Waals surface area (Å²) in [7, 11) is 5.11. The number of carbonyl (C=O) groups excluding carboxylic acids is 1. The third-order valence-electron chi connectivity index (χ3n) is 3.03. The molecule has 0 saturated carbocycles. The summed E-state index contributed by atoms with van der Waals surface area (Å²) >= 11 is 0. The largest absolute Gasteiger partial charge is 0.497 e. The van der Waals surface area contributed by atoms with Crippen LogP contribution in [0.3, 0.4) is 0 Å². The molecule has 22 heavy (non-hydrogen) atoms. The fourth-order valence-electron chi connectivity index (χ4n) is 1.64. The van der Waals surface area contributed by atoms with E-state index in [4.69, 9.17) is 4.74 Å². The van der Waals surface area contributed by atoms with E-state index < -0.39 is 0 Å². The van der Waals surface area contributed by atoms with Gasteiger partial charge >= 0.3 is 0 Å². The fraction of sp³-hybridized carbons (Fsp3) is 0.500. The first kappa shape index (κ1) is 17.8. The van der Waals surface area contributed by atoms with E-state index in [1.54, 1.807) is 26.1 Å². The van der Waals surface area contributed by atoms with Gasteiger partial charge in [0.1, 0.15) is 5.75 Å². The number of rotatable bonds is 7. The van der Waals surface area contributed by atoms with Crippen molar-refractivity contribution in [2.24, 2.45) is 4.99 Å². The lowest BCUT2D eigenvalue weighted by molar-refractivity contribution is -0.127. The number of aliphatic imine (C=N–C) groups is 1. The second kappa shape index (κ2) is 9.65. The van der Waals surface area contributed by atoms with Crippen LogP contribution in [0.4, 0.5) is 0 Å². The Hall–Kier alpha value is -2.24. The molecule has 1 aromatic carbocycles. The Labute approximate surface area is 132 Å². The Balaban J connectivity index is 2.62. The summed E-state index contributed by atoms with van der Waals surface area (Å²) in [6, 6.07) is 7.77. The Morgan fingerprint density at radius 1 is 1.23 bits per heavy atom. The van der Waals surface area contributed by atoms with Crippen molar-refractivity contribution in [1.82, 2.24) is 15.5 Å². The van der Waals surface area contributed by atoms with Crippen molar-refractivity contribution in [3.8, 4) is 5.75 Å². The topological polar surface area (TPSA) is 66.0 Å². The lowest BCUT2D eigenvalue weighted by Gasteiger charge is -2.14. The first-order valence-electron chi connectivity index (χ1n) is 7.42. The maximum Gasteiger partial charge on any atom is 0.241 e. The van der Waals surface area contributed by atoms with E-state index >= 15 is 0 Å². The first-order valence-corrected chi connectivity index (χ1v) is 7.42. The molecule has 0 aliphatic carbocycles. The van der Waals surface area contributed by atoms with E-state index in [0.717, 1.165) is 24.3 Å². The summed E-state index contributed by atoms with van der Waals surface area (Å²) in [5.41, 5.74) is 1.08. The number of ether oxygens (including phenoxy) is 1. The summed E-state index contributed by atoms with van der Waals surface area (Å²) in [5.74, 6) is 1.48. The Morgan fingerprint density at radius 3 is 2.45 bits per heavy atom. The summed E-state index contributed by atoms with van der Waals surface area (Å²) in [4.78, 5) is 17.7. The normalized spacial score (nSPS) is 11.0. The molecule has 1 aromatic rings. The number of benzene rings is 1. The van der Waals surface area contributed by atoms with Crippen LogP contribution < -0.4 is 15.4 Å². The summed E-state index contributed by atoms with van der Waals surface area (Å²) in [6.07, 6.45) is 0.991. The lowest BCUT2D eigenvalue weighted by Crippen LogP contribution is -2.43. The van der Waals surface area contributed by atoms with Crippen molar-refractivity contribution in [3.05, 3.63) is 29.8 Å². The molecule has 0 spiro atoms. The summed E-state index contributed by atoms with van der Waals surface area (Å²) in [5, 5.41) is 6.25. The fourth-order valence-corrected chi connectivity index (χ4v) is 1.64. The van der Waals surface area contributed by atoms with Gasteiger partial charge in [-0.1, -0.05) is 19.1 Å². The molecule has 0 fully saturated rings. The molecule has 2 N–H and O–H groups in total. The molecule has 0 radical (unpaired) electrons. The van der Waals surface area contributed by atoms with Crippen LogP contribution in [-0.4, -0.2) is 51.1 Å². The average Bonchev–Trinajstić information content (AvgIpc) is 2.54. The smallest absolute Gasteiger partial charge is 0.241 e. The second-order valence-corrected chi connectivity index (χ2v) is 5.08. The maximum atomic E-state index is 11.6. The number of hydrogen-bond acceptors (Lipinski definition) is 3. The molecular formula is C16H26N4O2. The second-order valence-electron chi connectivity index (χ2n) is 5.08. The molecule has 0 unspecified atom stereocenters. The summed E-state index contributed by atoms with van der Waals surface area (Å²) < 4.78 is 5.13. The Bertz CT molecular complexity index is 483. The lowest BCUT2D eigenvalue weighted by atomic mass is 10.2. The standard InChI is InChI=1S/C16H26N4O2/c1-5-10-17-16(19-12-15(21)20(2)3)18-11-13-6-8-14(22-4)9-7-13/h6-9H,5,10-12H2,1-4H3,(H2,17,18,19). The molecule has 0 saturated heterocycles. The van der Waals surface area contributed by atoms with Gasteiger partial charge in [-0.25, -0.2) is 4.99 Å². The molecule has 1 amide bonds. The van der Waals surface area contributed by atoms with E-state index in [-0.39, 0.29) is 12.5 Å². The molecule has 6 nitrogen and oxygen atoms in total. The van der Waals surface area contributed by atoms with Crippen LogP contribution >= 0.6 is 0 Å². The number of nitrogens with one attached hydrogen (secondary N) is 2. The molecule has 6 heteroatoms. The number of methoxy groups -OCH3 is 1. The van der Waals surface area contributed by atoms with E-state index in [9.17, 15) is 4.79 Å². The van der Waals surface area contributed by atoms with Gasteiger partial charge in [-0.15, -0.1) is 0 Å². The van der Waals surface area contributed by atoms with Crippen molar-refractivity contribution in [2.45, 2.75) is 19.9 Å². The van der Waals surface area contributed by atoms with Gasteiger partial charge in [0.15, 0.2) is 5.96 Å². The van der Waals surface area contributed by atoms with Gasteiger partial charge in [0.25, 0.3) is 0 Å². The highest BCUT2D eigenvalue weighted by atomic mass is 16.5. The molecule has 122 valence electrons. The molecule has 0 heterocycles. The van der Waals surface area contributed by atoms with E-state index in [1.165, 1.54) is 0 Å². The van der Waals surface area contributed by atoms with Gasteiger partial charge < -0.3 is 20.3 Å². The highest BCUT2D eigenvalue weighted by Gasteiger charge is 2.05. The highest BCUT2D eigenvalue weighted by Crippen LogP contribution is 2.11. The SMILES string of the molecule is CCCNC(=NCc1ccc(OC)cc1)NCC(=O)N(C)C. The van der Waals surface area contributed by atoms with Crippen molar-refractivity contribution >= 4 is 11.9 Å². The molecule has 0 atom stereocenters. The summed E-state index contributed by atoms with van der Waals surface area (Å²) in [6.45, 7) is 3.66. The van der Waals surface area contributed by atoms with Gasteiger partial charge in [-0.2, -0.15) is 0 Å². The number of likely N-dealkylation sites (N-methyl/N-ethyl adjacent to an activating group) is 1. The minimum Gasteiger partial charge on any atom is -0.497 e. The number of guanidine groups is 1. The highest BCUT2D eigenvalue weighted by molar-refractivity contribution is 5.86. The number of hydrogen-bond donors (Lipinski definition) is 2. The number of amides is 1. The van der Waals surface area contributed by atoms with Gasteiger partial charge in [0.2, 0.25) is 5.91 Å². The van der Waals surface area contributed by atoms with Crippen molar-refractivity contribution in [1.29, 1.82) is 0 Å². The first-order chi connectivity index (χ1) is 10.6.